The number of carbonyl (C=O) groups is 1. The maximum absolute atomic E-state index is 15.4. The molecule has 1 saturated carbocycles. The maximum atomic E-state index is 15.4. The van der Waals surface area contributed by atoms with Gasteiger partial charge in [0.25, 0.3) is 5.91 Å². The Kier molecular flexibility index (Phi) is 6.03. The lowest BCUT2D eigenvalue weighted by Crippen LogP contribution is -2.45. The lowest BCUT2D eigenvalue weighted by molar-refractivity contribution is 0.0906. The highest BCUT2D eigenvalue weighted by Crippen LogP contribution is 2.40. The Morgan fingerprint density at radius 2 is 1.82 bits per heavy atom. The van der Waals surface area contributed by atoms with E-state index in [0.29, 0.717) is 5.02 Å². The average Bonchev–Trinajstić information content (AvgIpc) is 2.63. The summed E-state index contributed by atoms with van der Waals surface area (Å²) in [6, 6.07) is 10.5. The van der Waals surface area contributed by atoms with E-state index in [9.17, 15) is 13.2 Å². The van der Waals surface area contributed by atoms with Gasteiger partial charge in [0.05, 0.1) is 15.5 Å². The molecule has 0 spiro atoms. The number of rotatable bonds is 4. The monoisotopic (exact) mass is 443 g/mol. The van der Waals surface area contributed by atoms with Gasteiger partial charge >= 0.3 is 0 Å². The number of halogens is 3. The Balaban J connectivity index is 1.69. The largest absolute Gasteiger partial charge is 0.349 e. The predicted molar refractivity (Wildman–Crippen MR) is 108 cm³/mol. The SMILES string of the molecule is Cc1cccc(S(=O)(=O)[C@]2(F)CC[C@H](NC(=O)c3ccc(Cl)cc3Cl)CC2)c1. The van der Waals surface area contributed by atoms with Crippen molar-refractivity contribution in [2.45, 2.75) is 48.5 Å². The zero-order valence-electron chi connectivity index (χ0n) is 15.2. The minimum Gasteiger partial charge on any atom is -0.349 e. The second-order valence-corrected chi connectivity index (χ2v) is 10.1. The molecule has 0 heterocycles. The van der Waals surface area contributed by atoms with Gasteiger partial charge in [0.15, 0.2) is 0 Å². The molecular formula is C20H20Cl2FNO3S. The Labute approximate surface area is 174 Å². The van der Waals surface area contributed by atoms with Crippen LogP contribution in [0.3, 0.4) is 0 Å². The molecule has 150 valence electrons. The first-order valence-corrected chi connectivity index (χ1v) is 11.1. The first kappa shape index (κ1) is 21.1. The van der Waals surface area contributed by atoms with Gasteiger partial charge < -0.3 is 5.32 Å². The third kappa shape index (κ3) is 4.19. The second kappa shape index (κ2) is 8.01. The highest BCUT2D eigenvalue weighted by Gasteiger charge is 2.47. The highest BCUT2D eigenvalue weighted by molar-refractivity contribution is 7.92. The van der Waals surface area contributed by atoms with Crippen LogP contribution >= 0.6 is 23.2 Å². The van der Waals surface area contributed by atoms with Crippen molar-refractivity contribution < 1.29 is 17.6 Å². The summed E-state index contributed by atoms with van der Waals surface area (Å²) in [6.07, 6.45) is 0.0854. The molecule has 0 atom stereocenters. The molecule has 8 heteroatoms. The molecule has 1 fully saturated rings. The molecular weight excluding hydrogens is 424 g/mol. The zero-order chi connectivity index (χ0) is 20.5. The third-order valence-corrected chi connectivity index (χ3v) is 7.82. The Morgan fingerprint density at radius 1 is 1.14 bits per heavy atom. The number of alkyl halides is 1. The van der Waals surface area contributed by atoms with Crippen molar-refractivity contribution in [1.29, 1.82) is 0 Å². The second-order valence-electron chi connectivity index (χ2n) is 7.07. The lowest BCUT2D eigenvalue weighted by Gasteiger charge is -2.34. The van der Waals surface area contributed by atoms with Crippen molar-refractivity contribution in [3.63, 3.8) is 0 Å². The van der Waals surface area contributed by atoms with Gasteiger partial charge in [-0.05, 0) is 68.5 Å². The van der Waals surface area contributed by atoms with Crippen LogP contribution in [-0.4, -0.2) is 25.4 Å². The van der Waals surface area contributed by atoms with E-state index in [1.807, 2.05) is 0 Å². The minimum absolute atomic E-state index is 0.00886. The van der Waals surface area contributed by atoms with Crippen LogP contribution in [0.15, 0.2) is 47.4 Å². The molecule has 3 rings (SSSR count). The molecule has 0 radical (unpaired) electrons. The van der Waals surface area contributed by atoms with E-state index in [1.165, 1.54) is 24.3 Å². The van der Waals surface area contributed by atoms with Gasteiger partial charge in [-0.25, -0.2) is 12.8 Å². The van der Waals surface area contributed by atoms with E-state index in [4.69, 9.17) is 23.2 Å². The van der Waals surface area contributed by atoms with Crippen molar-refractivity contribution in [2.24, 2.45) is 0 Å². The van der Waals surface area contributed by atoms with E-state index < -0.39 is 14.8 Å². The van der Waals surface area contributed by atoms with Crippen LogP contribution in [0.2, 0.25) is 10.0 Å². The molecule has 2 aromatic rings. The number of carbonyl (C=O) groups excluding carboxylic acids is 1. The Hall–Kier alpha value is -1.63. The van der Waals surface area contributed by atoms with Gasteiger partial charge in [0.1, 0.15) is 0 Å². The van der Waals surface area contributed by atoms with E-state index >= 15 is 4.39 Å². The van der Waals surface area contributed by atoms with E-state index in [-0.39, 0.29) is 53.1 Å². The highest BCUT2D eigenvalue weighted by atomic mass is 35.5. The predicted octanol–water partition coefficient (Wildman–Crippen LogP) is 5.11. The first-order chi connectivity index (χ1) is 13.1. The van der Waals surface area contributed by atoms with Gasteiger partial charge in [-0.15, -0.1) is 0 Å². The maximum Gasteiger partial charge on any atom is 0.253 e. The molecule has 1 amide bonds. The van der Waals surface area contributed by atoms with Crippen LogP contribution in [-0.2, 0) is 9.84 Å². The molecule has 0 aromatic heterocycles. The Bertz CT molecular complexity index is 1000. The number of aryl methyl sites for hydroxylation is 1. The number of benzene rings is 2. The summed E-state index contributed by atoms with van der Waals surface area (Å²) in [7, 11) is -4.11. The van der Waals surface area contributed by atoms with Crippen LogP contribution in [0.4, 0.5) is 4.39 Å². The standard InChI is InChI=1S/C20H20Cl2FNO3S/c1-13-3-2-4-16(11-13)28(26,27)20(23)9-7-15(8-10-20)24-19(25)17-6-5-14(21)12-18(17)22/h2-6,11-12,15H,7-10H2,1H3,(H,24,25)/t15-,20+. The van der Waals surface area contributed by atoms with E-state index in [1.54, 1.807) is 25.1 Å². The molecule has 28 heavy (non-hydrogen) atoms. The number of sulfone groups is 1. The number of amides is 1. The molecule has 4 nitrogen and oxygen atoms in total. The fourth-order valence-electron chi connectivity index (χ4n) is 3.39. The molecule has 1 N–H and O–H groups in total. The average molecular weight is 444 g/mol. The molecule has 1 aliphatic carbocycles. The number of nitrogens with one attached hydrogen (secondary N) is 1. The van der Waals surface area contributed by atoms with Gasteiger partial charge in [-0.3, -0.25) is 4.79 Å². The van der Waals surface area contributed by atoms with Gasteiger partial charge in [0.2, 0.25) is 14.8 Å². The van der Waals surface area contributed by atoms with Gasteiger partial charge in [-0.2, -0.15) is 0 Å². The summed E-state index contributed by atoms with van der Waals surface area (Å²) < 4.78 is 41.0. The number of hydrogen-bond acceptors (Lipinski definition) is 3. The van der Waals surface area contributed by atoms with Crippen LogP contribution in [0.5, 0.6) is 0 Å². The summed E-state index contributed by atoms with van der Waals surface area (Å²) in [5.74, 6) is -0.389. The smallest absolute Gasteiger partial charge is 0.253 e. The van der Waals surface area contributed by atoms with Crippen LogP contribution in [0, 0.1) is 6.92 Å². The lowest BCUT2D eigenvalue weighted by atomic mass is 9.93. The summed E-state index contributed by atoms with van der Waals surface area (Å²) >= 11 is 11.9. The van der Waals surface area contributed by atoms with E-state index in [2.05, 4.69) is 5.32 Å². The fourth-order valence-corrected chi connectivity index (χ4v) is 5.68. The zero-order valence-corrected chi connectivity index (χ0v) is 17.5. The minimum atomic E-state index is -4.11. The first-order valence-electron chi connectivity index (χ1n) is 8.88. The summed E-state index contributed by atoms with van der Waals surface area (Å²) in [5.41, 5.74) is 1.03. The molecule has 0 aliphatic heterocycles. The summed E-state index contributed by atoms with van der Waals surface area (Å²) in [5, 5.41) is 1.12. The van der Waals surface area contributed by atoms with Crippen molar-refractivity contribution in [1.82, 2.24) is 5.32 Å². The van der Waals surface area contributed by atoms with Crippen molar-refractivity contribution in [3.05, 3.63) is 63.6 Å². The summed E-state index contributed by atoms with van der Waals surface area (Å²) in [4.78, 5) is 12.4. The van der Waals surface area contributed by atoms with Crippen LogP contribution < -0.4 is 5.32 Å². The Morgan fingerprint density at radius 3 is 2.43 bits per heavy atom. The van der Waals surface area contributed by atoms with Crippen molar-refractivity contribution in [3.8, 4) is 0 Å². The molecule has 2 aromatic carbocycles. The quantitative estimate of drug-likeness (QED) is 0.713. The fraction of sp³-hybridized carbons (Fsp3) is 0.350. The number of hydrogen-bond donors (Lipinski definition) is 1. The van der Waals surface area contributed by atoms with Crippen molar-refractivity contribution in [2.75, 3.05) is 0 Å². The molecule has 0 saturated heterocycles. The third-order valence-electron chi connectivity index (χ3n) is 5.02. The summed E-state index contributed by atoms with van der Waals surface area (Å²) in [6.45, 7) is 1.76. The molecule has 0 bridgehead atoms. The van der Waals surface area contributed by atoms with Crippen molar-refractivity contribution >= 4 is 38.9 Å². The normalized spacial score (nSPS) is 22.6. The van der Waals surface area contributed by atoms with E-state index in [0.717, 1.165) is 5.56 Å². The molecule has 1 aliphatic rings. The molecule has 0 unspecified atom stereocenters. The van der Waals surface area contributed by atoms with Gasteiger partial charge in [-0.1, -0.05) is 35.3 Å². The topological polar surface area (TPSA) is 63.2 Å². The van der Waals surface area contributed by atoms with Crippen LogP contribution in [0.25, 0.3) is 0 Å². The van der Waals surface area contributed by atoms with Crippen LogP contribution in [0.1, 0.15) is 41.6 Å². The van der Waals surface area contributed by atoms with Gasteiger partial charge in [0, 0.05) is 11.1 Å².